The van der Waals surface area contributed by atoms with Crippen molar-refractivity contribution in [1.82, 2.24) is 10.1 Å². The Labute approximate surface area is 168 Å². The number of ether oxygens (including phenoxy) is 4. The van der Waals surface area contributed by atoms with Gasteiger partial charge in [0, 0.05) is 0 Å². The highest BCUT2D eigenvalue weighted by Crippen LogP contribution is 2.27. The van der Waals surface area contributed by atoms with Crippen LogP contribution in [0.15, 0.2) is 53.1 Å². The van der Waals surface area contributed by atoms with Crippen LogP contribution >= 0.6 is 0 Å². The third-order valence-corrected chi connectivity index (χ3v) is 3.74. The van der Waals surface area contributed by atoms with Crippen molar-refractivity contribution in [3.8, 4) is 28.6 Å². The highest BCUT2D eigenvalue weighted by atomic mass is 16.6. The van der Waals surface area contributed by atoms with E-state index in [1.807, 2.05) is 38.1 Å². The largest absolute Gasteiger partial charge is 0.494 e. The lowest BCUT2D eigenvalue weighted by atomic mass is 10.2. The van der Waals surface area contributed by atoms with E-state index in [0.29, 0.717) is 36.1 Å². The van der Waals surface area contributed by atoms with Gasteiger partial charge in [0.1, 0.15) is 17.2 Å². The van der Waals surface area contributed by atoms with Crippen molar-refractivity contribution in [2.24, 2.45) is 0 Å². The number of aromatic nitrogens is 2. The number of carbonyl (C=O) groups is 1. The maximum absolute atomic E-state index is 11.9. The summed E-state index contributed by atoms with van der Waals surface area (Å²) in [6.07, 6.45) is 0. The second-order valence-corrected chi connectivity index (χ2v) is 5.79. The Morgan fingerprint density at radius 3 is 2.34 bits per heavy atom. The highest BCUT2D eigenvalue weighted by Gasteiger charge is 2.14. The monoisotopic (exact) mass is 398 g/mol. The topological polar surface area (TPSA) is 92.9 Å². The molecular weight excluding hydrogens is 376 g/mol. The summed E-state index contributed by atoms with van der Waals surface area (Å²) in [6.45, 7) is 4.53. The van der Waals surface area contributed by atoms with Crippen LogP contribution in [-0.2, 0) is 16.1 Å². The molecule has 0 aliphatic heterocycles. The van der Waals surface area contributed by atoms with E-state index in [9.17, 15) is 4.79 Å². The molecule has 0 N–H and O–H groups in total. The Bertz CT molecular complexity index is 923. The molecule has 0 aliphatic rings. The second-order valence-electron chi connectivity index (χ2n) is 5.79. The van der Waals surface area contributed by atoms with Crippen molar-refractivity contribution in [1.29, 1.82) is 0 Å². The van der Waals surface area contributed by atoms with Crippen molar-refractivity contribution in [2.45, 2.75) is 20.5 Å². The van der Waals surface area contributed by atoms with Gasteiger partial charge >= 0.3 is 5.97 Å². The number of benzene rings is 2. The van der Waals surface area contributed by atoms with Gasteiger partial charge in [0.05, 0.1) is 18.8 Å². The lowest BCUT2D eigenvalue weighted by Gasteiger charge is -2.07. The predicted molar refractivity (Wildman–Crippen MR) is 104 cm³/mol. The molecule has 1 aromatic heterocycles. The first kappa shape index (κ1) is 20.2. The van der Waals surface area contributed by atoms with Crippen LogP contribution in [0.3, 0.4) is 0 Å². The first-order chi connectivity index (χ1) is 14.2. The van der Waals surface area contributed by atoms with E-state index in [-0.39, 0.29) is 19.1 Å². The number of carbonyl (C=O) groups excluding carboxylic acids is 1. The molecule has 0 aliphatic carbocycles. The average Bonchev–Trinajstić information content (AvgIpc) is 3.21. The molecule has 0 spiro atoms. The van der Waals surface area contributed by atoms with Gasteiger partial charge in [0.2, 0.25) is 5.82 Å². The normalized spacial score (nSPS) is 10.4. The summed E-state index contributed by atoms with van der Waals surface area (Å²) in [5.74, 6) is 1.93. The van der Waals surface area contributed by atoms with Gasteiger partial charge in [-0.2, -0.15) is 4.98 Å². The summed E-state index contributed by atoms with van der Waals surface area (Å²) >= 11 is 0. The van der Waals surface area contributed by atoms with Crippen LogP contribution in [0.1, 0.15) is 19.7 Å². The lowest BCUT2D eigenvalue weighted by Crippen LogP contribution is -2.14. The van der Waals surface area contributed by atoms with E-state index < -0.39 is 5.97 Å². The summed E-state index contributed by atoms with van der Waals surface area (Å²) in [5.41, 5.74) is 0.703. The van der Waals surface area contributed by atoms with Crippen LogP contribution < -0.4 is 14.2 Å². The van der Waals surface area contributed by atoms with Crippen LogP contribution in [0.5, 0.6) is 17.2 Å². The molecule has 8 nitrogen and oxygen atoms in total. The van der Waals surface area contributed by atoms with E-state index >= 15 is 0 Å². The zero-order valence-electron chi connectivity index (χ0n) is 16.3. The maximum Gasteiger partial charge on any atom is 0.344 e. The van der Waals surface area contributed by atoms with Gasteiger partial charge in [-0.25, -0.2) is 4.79 Å². The summed E-state index contributed by atoms with van der Waals surface area (Å²) in [6, 6.07) is 14.3. The fraction of sp³-hybridized carbons (Fsp3) is 0.286. The average molecular weight is 398 g/mol. The van der Waals surface area contributed by atoms with Gasteiger partial charge in [-0.15, -0.1) is 0 Å². The third kappa shape index (κ3) is 5.71. The fourth-order valence-corrected chi connectivity index (χ4v) is 2.48. The Morgan fingerprint density at radius 1 is 0.931 bits per heavy atom. The van der Waals surface area contributed by atoms with E-state index in [1.165, 1.54) is 0 Å². The lowest BCUT2D eigenvalue weighted by molar-refractivity contribution is -0.148. The van der Waals surface area contributed by atoms with Crippen LogP contribution in [-0.4, -0.2) is 35.9 Å². The van der Waals surface area contributed by atoms with Crippen LogP contribution in [0.25, 0.3) is 11.4 Å². The van der Waals surface area contributed by atoms with Crippen molar-refractivity contribution < 1.29 is 28.3 Å². The molecule has 152 valence electrons. The molecule has 8 heteroatoms. The SMILES string of the molecule is CCOc1ccc(OCC(=O)OCc2nc(-c3ccccc3OCC)no2)cc1. The first-order valence-electron chi connectivity index (χ1n) is 9.25. The van der Waals surface area contributed by atoms with Gasteiger partial charge in [-0.05, 0) is 50.2 Å². The van der Waals surface area contributed by atoms with Gasteiger partial charge < -0.3 is 23.5 Å². The molecule has 29 heavy (non-hydrogen) atoms. The fourth-order valence-electron chi connectivity index (χ4n) is 2.48. The molecule has 0 bridgehead atoms. The first-order valence-corrected chi connectivity index (χ1v) is 9.25. The number of hydrogen-bond acceptors (Lipinski definition) is 8. The summed E-state index contributed by atoms with van der Waals surface area (Å²) in [4.78, 5) is 16.1. The number of rotatable bonds is 10. The highest BCUT2D eigenvalue weighted by molar-refractivity contribution is 5.71. The molecule has 0 atom stereocenters. The van der Waals surface area contributed by atoms with Gasteiger partial charge in [-0.1, -0.05) is 17.3 Å². The molecule has 3 aromatic rings. The standard InChI is InChI=1S/C21H22N2O6/c1-3-25-15-9-11-16(12-10-15)27-14-20(24)28-13-19-22-21(23-29-19)17-7-5-6-8-18(17)26-4-2/h5-12H,3-4,13-14H2,1-2H3. The Hall–Kier alpha value is -3.55. The molecule has 2 aromatic carbocycles. The predicted octanol–water partition coefficient (Wildman–Crippen LogP) is 3.66. The van der Waals surface area contributed by atoms with E-state index in [1.54, 1.807) is 24.3 Å². The molecule has 1 heterocycles. The molecule has 0 saturated carbocycles. The maximum atomic E-state index is 11.9. The minimum absolute atomic E-state index is 0.144. The Morgan fingerprint density at radius 2 is 1.62 bits per heavy atom. The van der Waals surface area contributed by atoms with Gasteiger partial charge in [0.15, 0.2) is 13.2 Å². The van der Waals surface area contributed by atoms with Crippen molar-refractivity contribution in [3.05, 3.63) is 54.4 Å². The van der Waals surface area contributed by atoms with Gasteiger partial charge in [-0.3, -0.25) is 0 Å². The summed E-state index contributed by atoms with van der Waals surface area (Å²) < 4.78 is 26.6. The molecule has 0 saturated heterocycles. The van der Waals surface area contributed by atoms with Crippen LogP contribution in [0.2, 0.25) is 0 Å². The van der Waals surface area contributed by atoms with Crippen molar-refractivity contribution in [2.75, 3.05) is 19.8 Å². The van der Waals surface area contributed by atoms with E-state index in [4.69, 9.17) is 23.5 Å². The van der Waals surface area contributed by atoms with E-state index in [2.05, 4.69) is 10.1 Å². The van der Waals surface area contributed by atoms with Gasteiger partial charge in [0.25, 0.3) is 5.89 Å². The quantitative estimate of drug-likeness (QED) is 0.478. The zero-order valence-corrected chi connectivity index (χ0v) is 16.3. The molecule has 0 amide bonds. The summed E-state index contributed by atoms with van der Waals surface area (Å²) in [5, 5.41) is 3.92. The second kappa shape index (κ2) is 10.1. The number of para-hydroxylation sites is 1. The number of esters is 1. The van der Waals surface area contributed by atoms with Crippen molar-refractivity contribution >= 4 is 5.97 Å². The minimum atomic E-state index is -0.548. The Kier molecular flexibility index (Phi) is 7.05. The molecule has 0 unspecified atom stereocenters. The van der Waals surface area contributed by atoms with E-state index in [0.717, 1.165) is 5.75 Å². The van der Waals surface area contributed by atoms with Crippen LogP contribution in [0.4, 0.5) is 0 Å². The Balaban J connectivity index is 1.50. The van der Waals surface area contributed by atoms with Crippen LogP contribution in [0, 0.1) is 0 Å². The number of hydrogen-bond donors (Lipinski definition) is 0. The van der Waals surface area contributed by atoms with Crippen molar-refractivity contribution in [3.63, 3.8) is 0 Å². The summed E-state index contributed by atoms with van der Waals surface area (Å²) in [7, 11) is 0. The smallest absolute Gasteiger partial charge is 0.344 e. The molecular formula is C21H22N2O6. The molecule has 0 fully saturated rings. The third-order valence-electron chi connectivity index (χ3n) is 3.74. The molecule has 3 rings (SSSR count). The molecule has 0 radical (unpaired) electrons. The number of nitrogens with zero attached hydrogens (tertiary/aromatic N) is 2. The minimum Gasteiger partial charge on any atom is -0.494 e. The zero-order chi connectivity index (χ0) is 20.5.